The van der Waals surface area contributed by atoms with E-state index in [1.807, 2.05) is 11.8 Å². The first kappa shape index (κ1) is 27.5. The summed E-state index contributed by atoms with van der Waals surface area (Å²) in [5.74, 6) is 0.271. The molecule has 1 saturated carbocycles. The molecule has 0 spiro atoms. The molecular weight excluding hydrogens is 530 g/mol. The molecule has 1 N–H and O–H groups in total. The molecule has 1 unspecified atom stereocenters. The van der Waals surface area contributed by atoms with Gasteiger partial charge in [0.2, 0.25) is 5.91 Å². The zero-order valence-corrected chi connectivity index (χ0v) is 23.3. The Hall–Kier alpha value is -4.03. The van der Waals surface area contributed by atoms with Gasteiger partial charge in [-0.2, -0.15) is 0 Å². The topological polar surface area (TPSA) is 130 Å². The number of carbonyl (C=O) groups is 3. The Morgan fingerprint density at radius 3 is 2.48 bits per heavy atom. The molecule has 0 radical (unpaired) electrons. The number of carbonyl (C=O) groups excluding carboxylic acids is 3. The number of oxime groups is 1. The third-order valence-electron chi connectivity index (χ3n) is 6.84. The van der Waals surface area contributed by atoms with Crippen molar-refractivity contribution in [3.63, 3.8) is 0 Å². The molecule has 2 amide bonds. The van der Waals surface area contributed by atoms with Crippen LogP contribution in [-0.2, 0) is 27.6 Å². The number of nitrogens with zero attached hydrogens (tertiary/aromatic N) is 6. The van der Waals surface area contributed by atoms with E-state index in [4.69, 9.17) is 4.84 Å². The normalized spacial score (nSPS) is 17.9. The van der Waals surface area contributed by atoms with E-state index in [1.54, 1.807) is 55.8 Å². The van der Waals surface area contributed by atoms with Crippen LogP contribution in [0.25, 0.3) is 0 Å². The van der Waals surface area contributed by atoms with Gasteiger partial charge >= 0.3 is 0 Å². The van der Waals surface area contributed by atoms with Gasteiger partial charge in [0, 0.05) is 79.7 Å². The van der Waals surface area contributed by atoms with Gasteiger partial charge in [0.05, 0.1) is 0 Å². The lowest BCUT2D eigenvalue weighted by Gasteiger charge is -2.39. The average Bonchev–Trinajstić information content (AvgIpc) is 3.71. The van der Waals surface area contributed by atoms with E-state index in [2.05, 4.69) is 30.3 Å². The van der Waals surface area contributed by atoms with Crippen molar-refractivity contribution in [3.05, 3.63) is 70.8 Å². The van der Waals surface area contributed by atoms with E-state index in [0.29, 0.717) is 35.2 Å². The lowest BCUT2D eigenvalue weighted by molar-refractivity contribution is -0.133. The van der Waals surface area contributed by atoms with Gasteiger partial charge < -0.3 is 9.74 Å². The molecule has 2 aliphatic rings. The first-order valence-electron chi connectivity index (χ1n) is 13.2. The summed E-state index contributed by atoms with van der Waals surface area (Å²) in [6.45, 7) is 6.57. The summed E-state index contributed by atoms with van der Waals surface area (Å²) in [5, 5.41) is 7.38. The molecule has 1 atom stereocenters. The zero-order valence-electron chi connectivity index (χ0n) is 22.4. The van der Waals surface area contributed by atoms with E-state index >= 15 is 0 Å². The highest BCUT2D eigenvalue weighted by Gasteiger charge is 2.30. The van der Waals surface area contributed by atoms with E-state index in [1.165, 1.54) is 11.3 Å². The number of benzene rings is 1. The van der Waals surface area contributed by atoms with Crippen LogP contribution >= 0.6 is 11.3 Å². The van der Waals surface area contributed by atoms with Crippen LogP contribution in [0.1, 0.15) is 53.3 Å². The predicted octanol–water partition coefficient (Wildman–Crippen LogP) is 3.14. The van der Waals surface area contributed by atoms with Crippen LogP contribution in [-0.4, -0.2) is 73.7 Å². The summed E-state index contributed by atoms with van der Waals surface area (Å²) >= 11 is 1.39. The van der Waals surface area contributed by atoms with Crippen LogP contribution < -0.4 is 5.32 Å². The van der Waals surface area contributed by atoms with Crippen molar-refractivity contribution < 1.29 is 19.2 Å². The lowest BCUT2D eigenvalue weighted by Crippen LogP contribution is -2.52. The highest BCUT2D eigenvalue weighted by Crippen LogP contribution is 2.32. The Morgan fingerprint density at radius 2 is 1.80 bits per heavy atom. The number of hydrogen-bond acceptors (Lipinski definition) is 10. The van der Waals surface area contributed by atoms with Crippen LogP contribution in [0.15, 0.2) is 54.1 Å². The van der Waals surface area contributed by atoms with Crippen LogP contribution in [0.4, 0.5) is 5.13 Å². The van der Waals surface area contributed by atoms with Crippen molar-refractivity contribution in [2.75, 3.05) is 25.0 Å². The number of anilines is 1. The second-order valence-corrected chi connectivity index (χ2v) is 11.1. The predicted molar refractivity (Wildman–Crippen MR) is 150 cm³/mol. The van der Waals surface area contributed by atoms with Crippen molar-refractivity contribution in [3.8, 4) is 0 Å². The zero-order chi connectivity index (χ0) is 28.1. The second kappa shape index (κ2) is 12.4. The standard InChI is InChI=1S/C28H31N7O4S/c1-18-15-34(12-13-35(18)19(2)36)16-23-14-31-28(40-23)32-27(38)25(33-39-17-24-29-10-3-11-30-24)20-4-6-21(7-5-20)26(37)22-8-9-22/h3-7,10-11,14,18,22H,8-9,12-13,15-17H2,1-2H3,(H,31,32,38)/b33-25+. The van der Waals surface area contributed by atoms with Gasteiger partial charge in [0.15, 0.2) is 29.1 Å². The van der Waals surface area contributed by atoms with Gasteiger partial charge in [-0.05, 0) is 25.8 Å². The maximum atomic E-state index is 13.3. The molecule has 1 saturated heterocycles. The fourth-order valence-corrected chi connectivity index (χ4v) is 5.47. The largest absolute Gasteiger partial charge is 0.387 e. The fraction of sp³-hybridized carbons (Fsp3) is 0.393. The van der Waals surface area contributed by atoms with Crippen molar-refractivity contribution in [1.82, 2.24) is 24.8 Å². The molecule has 2 aromatic heterocycles. The molecule has 40 heavy (non-hydrogen) atoms. The fourth-order valence-electron chi connectivity index (χ4n) is 4.62. The highest BCUT2D eigenvalue weighted by atomic mass is 32.1. The molecule has 0 bridgehead atoms. The molecule has 1 aliphatic heterocycles. The molecule has 2 fully saturated rings. The lowest BCUT2D eigenvalue weighted by atomic mass is 10.0. The molecule has 11 nitrogen and oxygen atoms in total. The summed E-state index contributed by atoms with van der Waals surface area (Å²) in [4.78, 5) is 60.7. The van der Waals surface area contributed by atoms with Crippen LogP contribution in [0.2, 0.25) is 0 Å². The first-order valence-corrected chi connectivity index (χ1v) is 14.0. The number of amides is 2. The van der Waals surface area contributed by atoms with Crippen LogP contribution in [0.3, 0.4) is 0 Å². The van der Waals surface area contributed by atoms with Gasteiger partial charge in [-0.15, -0.1) is 11.3 Å². The maximum absolute atomic E-state index is 13.3. The number of nitrogens with one attached hydrogen (secondary N) is 1. The summed E-state index contributed by atoms with van der Waals surface area (Å²) < 4.78 is 0. The van der Waals surface area contributed by atoms with Gasteiger partial charge in [0.25, 0.3) is 5.91 Å². The molecule has 3 heterocycles. The SMILES string of the molecule is CC(=O)N1CCN(Cc2cnc(NC(=O)/C(=N/OCc3ncccn3)c3ccc(C(=O)C4CC4)cc3)s2)CC1C. The molecule has 3 aromatic rings. The third kappa shape index (κ3) is 6.93. The molecule has 5 rings (SSSR count). The first-order chi connectivity index (χ1) is 19.4. The highest BCUT2D eigenvalue weighted by molar-refractivity contribution is 7.15. The van der Waals surface area contributed by atoms with Gasteiger partial charge in [-0.1, -0.05) is 29.4 Å². The number of ketones is 1. The van der Waals surface area contributed by atoms with Crippen molar-refractivity contribution in [2.24, 2.45) is 11.1 Å². The van der Waals surface area contributed by atoms with Crippen LogP contribution in [0.5, 0.6) is 0 Å². The van der Waals surface area contributed by atoms with Crippen molar-refractivity contribution >= 4 is 39.8 Å². The number of Topliss-reactive ketones (excluding diaryl/α,β-unsaturated/α-hetero) is 1. The van der Waals surface area contributed by atoms with Crippen LogP contribution in [0, 0.1) is 5.92 Å². The van der Waals surface area contributed by atoms with E-state index in [-0.39, 0.29) is 36.0 Å². The minimum Gasteiger partial charge on any atom is -0.387 e. The second-order valence-electron chi connectivity index (χ2n) is 9.98. The number of hydrogen-bond donors (Lipinski definition) is 1. The van der Waals surface area contributed by atoms with Crippen molar-refractivity contribution in [1.29, 1.82) is 0 Å². The molecule has 208 valence electrons. The summed E-state index contributed by atoms with van der Waals surface area (Å²) in [5.41, 5.74) is 1.17. The molecule has 1 aromatic carbocycles. The Balaban J connectivity index is 1.26. The minimum absolute atomic E-state index is 0.00736. The van der Waals surface area contributed by atoms with Crippen molar-refractivity contribution in [2.45, 2.75) is 45.9 Å². The van der Waals surface area contributed by atoms with Gasteiger partial charge in [0.1, 0.15) is 0 Å². The van der Waals surface area contributed by atoms with Gasteiger partial charge in [-0.25, -0.2) is 15.0 Å². The van der Waals surface area contributed by atoms with E-state index in [0.717, 1.165) is 30.8 Å². The summed E-state index contributed by atoms with van der Waals surface area (Å²) in [6.07, 6.45) is 6.80. The molecule has 12 heteroatoms. The van der Waals surface area contributed by atoms with E-state index in [9.17, 15) is 14.4 Å². The molecular formula is C28H31N7O4S. The summed E-state index contributed by atoms with van der Waals surface area (Å²) in [7, 11) is 0. The quantitative estimate of drug-likeness (QED) is 0.227. The number of rotatable bonds is 10. The number of piperazine rings is 1. The monoisotopic (exact) mass is 561 g/mol. The minimum atomic E-state index is -0.486. The smallest absolute Gasteiger partial charge is 0.280 e. The third-order valence-corrected chi connectivity index (χ3v) is 7.74. The maximum Gasteiger partial charge on any atom is 0.280 e. The molecule has 1 aliphatic carbocycles. The van der Waals surface area contributed by atoms with Gasteiger partial charge in [-0.3, -0.25) is 24.6 Å². The Labute approximate surface area is 236 Å². The Morgan fingerprint density at radius 1 is 1.07 bits per heavy atom. The number of aromatic nitrogens is 3. The number of thiazole rings is 1. The Bertz CT molecular complexity index is 1390. The van der Waals surface area contributed by atoms with E-state index < -0.39 is 5.91 Å². The Kier molecular flexibility index (Phi) is 8.56. The summed E-state index contributed by atoms with van der Waals surface area (Å²) in [6, 6.07) is 8.67. The average molecular weight is 562 g/mol.